The van der Waals surface area contributed by atoms with Crippen LogP contribution in [0.1, 0.15) is 6.42 Å². The Labute approximate surface area is 134 Å². The van der Waals surface area contributed by atoms with Gasteiger partial charge in [0.05, 0.1) is 17.7 Å². The van der Waals surface area contributed by atoms with E-state index in [2.05, 4.69) is 63.0 Å². The summed E-state index contributed by atoms with van der Waals surface area (Å²) in [5.41, 5.74) is 2.63. The molecule has 0 spiro atoms. The highest BCUT2D eigenvalue weighted by molar-refractivity contribution is 7.99. The molecule has 3 nitrogen and oxygen atoms in total. The van der Waals surface area contributed by atoms with Crippen LogP contribution >= 0.6 is 11.8 Å². The SMILES string of the molecule is c1ccc2c(c1)Sc1ccccc1N2CCCn1ccnc1. The van der Waals surface area contributed by atoms with Gasteiger partial charge in [-0.25, -0.2) is 4.98 Å². The second kappa shape index (κ2) is 5.89. The fraction of sp³-hybridized carbons (Fsp3) is 0.167. The molecule has 1 aliphatic heterocycles. The van der Waals surface area contributed by atoms with Crippen LogP contribution in [-0.2, 0) is 6.54 Å². The first-order valence-corrected chi connectivity index (χ1v) is 8.33. The minimum atomic E-state index is 0.994. The molecule has 22 heavy (non-hydrogen) atoms. The highest BCUT2D eigenvalue weighted by atomic mass is 32.2. The van der Waals surface area contributed by atoms with Crippen molar-refractivity contribution >= 4 is 23.1 Å². The summed E-state index contributed by atoms with van der Waals surface area (Å²) in [5.74, 6) is 0. The van der Waals surface area contributed by atoms with Gasteiger partial charge in [0.2, 0.25) is 0 Å². The van der Waals surface area contributed by atoms with E-state index in [0.29, 0.717) is 0 Å². The second-order valence-electron chi connectivity index (χ2n) is 5.34. The first kappa shape index (κ1) is 13.5. The third-order valence-corrected chi connectivity index (χ3v) is 5.02. The molecular weight excluding hydrogens is 290 g/mol. The lowest BCUT2D eigenvalue weighted by Gasteiger charge is -2.32. The number of nitrogens with zero attached hydrogens (tertiary/aromatic N) is 3. The molecule has 4 heteroatoms. The van der Waals surface area contributed by atoms with Gasteiger partial charge < -0.3 is 9.47 Å². The maximum absolute atomic E-state index is 4.11. The van der Waals surface area contributed by atoms with Gasteiger partial charge in [0.15, 0.2) is 0 Å². The number of anilines is 2. The molecule has 0 amide bonds. The Morgan fingerprint density at radius 3 is 2.18 bits per heavy atom. The van der Waals surface area contributed by atoms with E-state index in [4.69, 9.17) is 0 Å². The first-order valence-electron chi connectivity index (χ1n) is 7.51. The third kappa shape index (κ3) is 2.50. The minimum Gasteiger partial charge on any atom is -0.340 e. The summed E-state index contributed by atoms with van der Waals surface area (Å²) in [6.45, 7) is 2.00. The lowest BCUT2D eigenvalue weighted by atomic mass is 10.2. The Kier molecular flexibility index (Phi) is 3.60. The average molecular weight is 307 g/mol. The maximum Gasteiger partial charge on any atom is 0.0945 e. The molecule has 0 aliphatic carbocycles. The molecule has 1 aromatic heterocycles. The number of fused-ring (bicyclic) bond motifs is 2. The van der Waals surface area contributed by atoms with E-state index in [1.54, 1.807) is 0 Å². The highest BCUT2D eigenvalue weighted by Gasteiger charge is 2.22. The number of para-hydroxylation sites is 2. The predicted molar refractivity (Wildman–Crippen MR) is 90.9 cm³/mol. The van der Waals surface area contributed by atoms with Crippen molar-refractivity contribution in [3.05, 3.63) is 67.3 Å². The van der Waals surface area contributed by atoms with E-state index in [9.17, 15) is 0 Å². The Morgan fingerprint density at radius 2 is 1.55 bits per heavy atom. The smallest absolute Gasteiger partial charge is 0.0945 e. The van der Waals surface area contributed by atoms with Crippen LogP contribution in [0.25, 0.3) is 0 Å². The topological polar surface area (TPSA) is 21.1 Å². The van der Waals surface area contributed by atoms with E-state index in [0.717, 1.165) is 19.5 Å². The minimum absolute atomic E-state index is 0.994. The molecule has 0 bridgehead atoms. The zero-order chi connectivity index (χ0) is 14.8. The number of aromatic nitrogens is 2. The van der Waals surface area contributed by atoms with Crippen molar-refractivity contribution < 1.29 is 0 Å². The van der Waals surface area contributed by atoms with Gasteiger partial charge in [-0.05, 0) is 30.7 Å². The van der Waals surface area contributed by atoms with Crippen LogP contribution in [0.5, 0.6) is 0 Å². The summed E-state index contributed by atoms with van der Waals surface area (Å²) in [7, 11) is 0. The fourth-order valence-electron chi connectivity index (χ4n) is 2.85. The normalized spacial score (nSPS) is 12.8. The van der Waals surface area contributed by atoms with E-state index in [1.165, 1.54) is 21.2 Å². The van der Waals surface area contributed by atoms with Gasteiger partial charge in [-0.3, -0.25) is 0 Å². The van der Waals surface area contributed by atoms with Gasteiger partial charge in [-0.15, -0.1) is 0 Å². The second-order valence-corrected chi connectivity index (χ2v) is 6.43. The zero-order valence-corrected chi connectivity index (χ0v) is 13.0. The summed E-state index contributed by atoms with van der Waals surface area (Å²) in [6.07, 6.45) is 6.83. The summed E-state index contributed by atoms with van der Waals surface area (Å²) >= 11 is 1.86. The quantitative estimate of drug-likeness (QED) is 0.704. The Hall–Kier alpha value is -2.20. The molecular formula is C18H17N3S. The van der Waals surface area contributed by atoms with E-state index >= 15 is 0 Å². The number of rotatable bonds is 4. The van der Waals surface area contributed by atoms with Crippen LogP contribution < -0.4 is 4.90 Å². The van der Waals surface area contributed by atoms with Gasteiger partial charge in [0.25, 0.3) is 0 Å². The largest absolute Gasteiger partial charge is 0.340 e. The number of imidazole rings is 1. The molecule has 0 radical (unpaired) electrons. The standard InChI is InChI=1S/C18H17N3S/c1-3-8-17-15(6-1)21(12-5-11-20-13-10-19-14-20)16-7-2-4-9-18(16)22-17/h1-4,6-10,13-14H,5,11-12H2. The van der Waals surface area contributed by atoms with Gasteiger partial charge in [0.1, 0.15) is 0 Å². The Balaban J connectivity index is 1.60. The van der Waals surface area contributed by atoms with Crippen molar-refractivity contribution in [3.8, 4) is 0 Å². The number of hydrogen-bond acceptors (Lipinski definition) is 3. The van der Waals surface area contributed by atoms with E-state index in [-0.39, 0.29) is 0 Å². The van der Waals surface area contributed by atoms with Crippen molar-refractivity contribution in [1.82, 2.24) is 9.55 Å². The van der Waals surface area contributed by atoms with Gasteiger partial charge in [0, 0.05) is 35.3 Å². The Bertz CT molecular complexity index is 722. The molecule has 3 aromatic rings. The molecule has 0 saturated carbocycles. The third-order valence-electron chi connectivity index (χ3n) is 3.89. The van der Waals surface area contributed by atoms with Crippen LogP contribution in [0.15, 0.2) is 77.0 Å². The number of aryl methyl sites for hydroxylation is 1. The summed E-state index contributed by atoms with van der Waals surface area (Å²) in [5, 5.41) is 0. The van der Waals surface area contributed by atoms with Crippen LogP contribution in [0, 0.1) is 0 Å². The lowest BCUT2D eigenvalue weighted by molar-refractivity contribution is 0.642. The molecule has 110 valence electrons. The number of hydrogen-bond donors (Lipinski definition) is 0. The van der Waals surface area contributed by atoms with E-state index in [1.807, 2.05) is 30.5 Å². The summed E-state index contributed by atoms with van der Waals surface area (Å²) < 4.78 is 2.14. The van der Waals surface area contributed by atoms with Crippen LogP contribution in [0.2, 0.25) is 0 Å². The molecule has 0 atom stereocenters. The molecule has 0 N–H and O–H groups in total. The number of benzene rings is 2. The van der Waals surface area contributed by atoms with Gasteiger partial charge >= 0.3 is 0 Å². The maximum atomic E-state index is 4.11. The average Bonchev–Trinajstić information content (AvgIpc) is 3.07. The predicted octanol–water partition coefficient (Wildman–Crippen LogP) is 4.58. The van der Waals surface area contributed by atoms with Crippen molar-refractivity contribution in [2.24, 2.45) is 0 Å². The monoisotopic (exact) mass is 307 g/mol. The molecule has 0 saturated heterocycles. The Morgan fingerprint density at radius 1 is 0.864 bits per heavy atom. The van der Waals surface area contributed by atoms with Crippen molar-refractivity contribution in [2.75, 3.05) is 11.4 Å². The van der Waals surface area contributed by atoms with Crippen LogP contribution in [0.4, 0.5) is 11.4 Å². The molecule has 0 fully saturated rings. The van der Waals surface area contributed by atoms with Crippen LogP contribution in [-0.4, -0.2) is 16.1 Å². The molecule has 2 aromatic carbocycles. The zero-order valence-electron chi connectivity index (χ0n) is 12.2. The van der Waals surface area contributed by atoms with E-state index < -0.39 is 0 Å². The molecule has 4 rings (SSSR count). The van der Waals surface area contributed by atoms with Crippen molar-refractivity contribution in [2.45, 2.75) is 22.8 Å². The molecule has 0 unspecified atom stereocenters. The van der Waals surface area contributed by atoms with Crippen molar-refractivity contribution in [1.29, 1.82) is 0 Å². The summed E-state index contributed by atoms with van der Waals surface area (Å²) in [4.78, 5) is 9.22. The molecule has 2 heterocycles. The highest BCUT2D eigenvalue weighted by Crippen LogP contribution is 2.47. The summed E-state index contributed by atoms with van der Waals surface area (Å²) in [6, 6.07) is 17.3. The molecule has 1 aliphatic rings. The van der Waals surface area contributed by atoms with Gasteiger partial charge in [-0.2, -0.15) is 0 Å². The fourth-order valence-corrected chi connectivity index (χ4v) is 3.95. The lowest BCUT2D eigenvalue weighted by Crippen LogP contribution is -2.22. The van der Waals surface area contributed by atoms with Crippen LogP contribution in [0.3, 0.4) is 0 Å². The first-order chi connectivity index (χ1) is 10.9. The van der Waals surface area contributed by atoms with Gasteiger partial charge in [-0.1, -0.05) is 36.0 Å². The van der Waals surface area contributed by atoms with Crippen molar-refractivity contribution in [3.63, 3.8) is 0 Å².